The van der Waals surface area contributed by atoms with Crippen LogP contribution >= 0.6 is 11.6 Å². The molecule has 0 radical (unpaired) electrons. The zero-order chi connectivity index (χ0) is 16.9. The minimum absolute atomic E-state index is 0.0778. The standard InChI is InChI=1S/C19H19ClN2O2/c20-17-5-4-6-18(23)16(17)13-21-15-9-7-14(8-10-15)19(24)22-11-2-1-3-12-22/h4-10,13,23H,1-3,11-12H2. The van der Waals surface area contributed by atoms with Crippen LogP contribution in [0.1, 0.15) is 35.2 Å². The molecule has 5 heteroatoms. The van der Waals surface area contributed by atoms with Gasteiger partial charge >= 0.3 is 0 Å². The van der Waals surface area contributed by atoms with Crippen LogP contribution in [0.2, 0.25) is 5.02 Å². The van der Waals surface area contributed by atoms with E-state index in [9.17, 15) is 9.90 Å². The van der Waals surface area contributed by atoms with E-state index < -0.39 is 0 Å². The van der Waals surface area contributed by atoms with E-state index in [1.54, 1.807) is 42.5 Å². The van der Waals surface area contributed by atoms with E-state index in [-0.39, 0.29) is 11.7 Å². The predicted molar refractivity (Wildman–Crippen MR) is 96.6 cm³/mol. The van der Waals surface area contributed by atoms with Gasteiger partial charge in [0, 0.05) is 24.9 Å². The van der Waals surface area contributed by atoms with Crippen molar-refractivity contribution in [2.75, 3.05) is 13.1 Å². The van der Waals surface area contributed by atoms with Crippen molar-refractivity contribution in [1.82, 2.24) is 4.90 Å². The third kappa shape index (κ3) is 3.77. The Morgan fingerprint density at radius 3 is 2.46 bits per heavy atom. The predicted octanol–water partition coefficient (Wildman–Crippen LogP) is 4.42. The molecule has 4 nitrogen and oxygen atoms in total. The minimum Gasteiger partial charge on any atom is -0.507 e. The van der Waals surface area contributed by atoms with Crippen LogP contribution in [-0.2, 0) is 0 Å². The number of phenolic OH excluding ortho intramolecular Hbond substituents is 1. The number of hydrogen-bond acceptors (Lipinski definition) is 3. The summed E-state index contributed by atoms with van der Waals surface area (Å²) >= 11 is 6.05. The summed E-state index contributed by atoms with van der Waals surface area (Å²) in [6.45, 7) is 1.68. The lowest BCUT2D eigenvalue weighted by molar-refractivity contribution is 0.0724. The molecule has 2 aromatic carbocycles. The quantitative estimate of drug-likeness (QED) is 0.839. The monoisotopic (exact) mass is 342 g/mol. The number of hydrogen-bond donors (Lipinski definition) is 1. The van der Waals surface area contributed by atoms with Crippen molar-refractivity contribution in [3.63, 3.8) is 0 Å². The van der Waals surface area contributed by atoms with Gasteiger partial charge < -0.3 is 10.0 Å². The number of benzene rings is 2. The molecular formula is C19H19ClN2O2. The van der Waals surface area contributed by atoms with Gasteiger partial charge in [-0.3, -0.25) is 9.79 Å². The molecule has 1 saturated heterocycles. The van der Waals surface area contributed by atoms with Crippen molar-refractivity contribution >= 4 is 29.4 Å². The van der Waals surface area contributed by atoms with Crippen LogP contribution in [-0.4, -0.2) is 35.2 Å². The Hall–Kier alpha value is -2.33. The van der Waals surface area contributed by atoms with Crippen molar-refractivity contribution in [2.24, 2.45) is 4.99 Å². The lowest BCUT2D eigenvalue weighted by atomic mass is 10.1. The second-order valence-electron chi connectivity index (χ2n) is 5.83. The summed E-state index contributed by atoms with van der Waals surface area (Å²) < 4.78 is 0. The number of aromatic hydroxyl groups is 1. The number of likely N-dealkylation sites (tertiary alicyclic amines) is 1. The van der Waals surface area contributed by atoms with Gasteiger partial charge in [-0.2, -0.15) is 0 Å². The van der Waals surface area contributed by atoms with E-state index in [0.717, 1.165) is 25.9 Å². The topological polar surface area (TPSA) is 52.9 Å². The summed E-state index contributed by atoms with van der Waals surface area (Å²) in [7, 11) is 0. The molecule has 124 valence electrons. The highest BCUT2D eigenvalue weighted by Gasteiger charge is 2.17. The van der Waals surface area contributed by atoms with E-state index >= 15 is 0 Å². The van der Waals surface area contributed by atoms with Crippen molar-refractivity contribution in [3.05, 3.63) is 58.6 Å². The maximum Gasteiger partial charge on any atom is 0.253 e. The third-order valence-electron chi connectivity index (χ3n) is 4.13. The van der Waals surface area contributed by atoms with Gasteiger partial charge in [0.15, 0.2) is 0 Å². The molecule has 1 N–H and O–H groups in total. The SMILES string of the molecule is O=C(c1ccc(N=Cc2c(O)cccc2Cl)cc1)N1CCCCC1. The number of aliphatic imine (C=N–C) groups is 1. The number of carbonyl (C=O) groups is 1. The number of piperidine rings is 1. The molecule has 0 atom stereocenters. The number of nitrogens with zero attached hydrogens (tertiary/aromatic N) is 2. The molecule has 0 unspecified atom stereocenters. The Balaban J connectivity index is 1.72. The highest BCUT2D eigenvalue weighted by Crippen LogP contribution is 2.24. The summed E-state index contributed by atoms with van der Waals surface area (Å²) in [4.78, 5) is 18.6. The van der Waals surface area contributed by atoms with Crippen molar-refractivity contribution in [1.29, 1.82) is 0 Å². The molecule has 0 aromatic heterocycles. The Bertz CT molecular complexity index is 730. The first-order valence-corrected chi connectivity index (χ1v) is 8.44. The van der Waals surface area contributed by atoms with Gasteiger partial charge in [0.25, 0.3) is 5.91 Å². The summed E-state index contributed by atoms with van der Waals surface area (Å²) in [6, 6.07) is 12.1. The van der Waals surface area contributed by atoms with Gasteiger partial charge in [-0.25, -0.2) is 0 Å². The van der Waals surface area contributed by atoms with Gasteiger partial charge in [-0.1, -0.05) is 17.7 Å². The zero-order valence-electron chi connectivity index (χ0n) is 13.3. The van der Waals surface area contributed by atoms with Gasteiger partial charge in [0.05, 0.1) is 16.3 Å². The maximum atomic E-state index is 12.4. The van der Waals surface area contributed by atoms with Crippen LogP contribution in [0.3, 0.4) is 0 Å². The smallest absolute Gasteiger partial charge is 0.253 e. The molecule has 0 spiro atoms. The average molecular weight is 343 g/mol. The lowest BCUT2D eigenvalue weighted by Gasteiger charge is -2.26. The van der Waals surface area contributed by atoms with E-state index in [0.29, 0.717) is 21.8 Å². The highest BCUT2D eigenvalue weighted by molar-refractivity contribution is 6.33. The molecule has 1 aliphatic rings. The minimum atomic E-state index is 0.0778. The molecule has 1 amide bonds. The van der Waals surface area contributed by atoms with Crippen LogP contribution < -0.4 is 0 Å². The summed E-state index contributed by atoms with van der Waals surface area (Å²) in [5.41, 5.74) is 1.86. The summed E-state index contributed by atoms with van der Waals surface area (Å²) in [5, 5.41) is 10.2. The second kappa shape index (κ2) is 7.49. The summed E-state index contributed by atoms with van der Waals surface area (Å²) in [5.74, 6) is 0.164. The molecule has 1 heterocycles. The average Bonchev–Trinajstić information content (AvgIpc) is 2.62. The fraction of sp³-hybridized carbons (Fsp3) is 0.263. The zero-order valence-corrected chi connectivity index (χ0v) is 14.0. The van der Waals surface area contributed by atoms with Crippen molar-refractivity contribution in [2.45, 2.75) is 19.3 Å². The van der Waals surface area contributed by atoms with Gasteiger partial charge in [0.2, 0.25) is 0 Å². The van der Waals surface area contributed by atoms with Crippen LogP contribution in [0.15, 0.2) is 47.5 Å². The first-order valence-electron chi connectivity index (χ1n) is 8.06. The Morgan fingerprint density at radius 1 is 1.08 bits per heavy atom. The fourth-order valence-corrected chi connectivity index (χ4v) is 2.98. The van der Waals surface area contributed by atoms with Crippen molar-refractivity contribution in [3.8, 4) is 5.75 Å². The van der Waals surface area contributed by atoms with Gasteiger partial charge in [-0.05, 0) is 55.7 Å². The Kier molecular flexibility index (Phi) is 5.16. The molecule has 3 rings (SSSR count). The Morgan fingerprint density at radius 2 is 1.79 bits per heavy atom. The lowest BCUT2D eigenvalue weighted by Crippen LogP contribution is -2.35. The largest absolute Gasteiger partial charge is 0.507 e. The normalized spacial score (nSPS) is 15.0. The van der Waals surface area contributed by atoms with Crippen LogP contribution in [0.4, 0.5) is 5.69 Å². The van der Waals surface area contributed by atoms with Crippen LogP contribution in [0, 0.1) is 0 Å². The molecule has 24 heavy (non-hydrogen) atoms. The molecule has 0 bridgehead atoms. The Labute approximate surface area is 146 Å². The second-order valence-corrected chi connectivity index (χ2v) is 6.24. The number of rotatable bonds is 3. The van der Waals surface area contributed by atoms with Crippen LogP contribution in [0.5, 0.6) is 5.75 Å². The number of carbonyl (C=O) groups excluding carboxylic acids is 1. The number of amides is 1. The van der Waals surface area contributed by atoms with E-state index in [1.165, 1.54) is 12.6 Å². The van der Waals surface area contributed by atoms with E-state index in [4.69, 9.17) is 11.6 Å². The number of halogens is 1. The van der Waals surface area contributed by atoms with Gasteiger partial charge in [-0.15, -0.1) is 0 Å². The molecule has 0 aliphatic carbocycles. The van der Waals surface area contributed by atoms with E-state index in [2.05, 4.69) is 4.99 Å². The maximum absolute atomic E-state index is 12.4. The molecule has 1 aliphatic heterocycles. The number of phenols is 1. The first-order chi connectivity index (χ1) is 11.6. The molecule has 2 aromatic rings. The molecular weight excluding hydrogens is 324 g/mol. The van der Waals surface area contributed by atoms with Crippen molar-refractivity contribution < 1.29 is 9.90 Å². The van der Waals surface area contributed by atoms with Gasteiger partial charge in [0.1, 0.15) is 5.75 Å². The summed E-state index contributed by atoms with van der Waals surface area (Å²) in [6.07, 6.45) is 4.89. The fourth-order valence-electron chi connectivity index (χ4n) is 2.76. The van der Waals surface area contributed by atoms with E-state index in [1.807, 2.05) is 4.90 Å². The highest BCUT2D eigenvalue weighted by atomic mass is 35.5. The molecule has 1 fully saturated rings. The first kappa shape index (κ1) is 16.5. The third-order valence-corrected chi connectivity index (χ3v) is 4.46. The molecule has 0 saturated carbocycles. The van der Waals surface area contributed by atoms with Crippen LogP contribution in [0.25, 0.3) is 0 Å².